The Balaban J connectivity index is 2.42. The minimum absolute atomic E-state index is 0.0507. The zero-order valence-corrected chi connectivity index (χ0v) is 18.9. The largest absolute Gasteiger partial charge is 0.569 e. The van der Waals surface area contributed by atoms with E-state index in [0.29, 0.717) is 0 Å². The van der Waals surface area contributed by atoms with Crippen molar-refractivity contribution in [3.63, 3.8) is 0 Å². The first kappa shape index (κ1) is 28.2. The van der Waals surface area contributed by atoms with E-state index in [0.717, 1.165) is 18.9 Å². The lowest BCUT2D eigenvalue weighted by atomic mass is 9.99. The molecule has 1 heterocycles. The Kier molecular flexibility index (Phi) is 6.91. The second kappa shape index (κ2) is 8.58. The van der Waals surface area contributed by atoms with Crippen LogP contribution in [0.25, 0.3) is 6.08 Å². The van der Waals surface area contributed by atoms with E-state index in [1.54, 1.807) is 0 Å². The second-order valence-electron chi connectivity index (χ2n) is 7.28. The van der Waals surface area contributed by atoms with Gasteiger partial charge in [-0.25, -0.2) is 4.79 Å². The Hall–Kier alpha value is -3.02. The number of likely N-dealkylation sites (N-methyl/N-ethyl adjacent to an activating group) is 1. The van der Waals surface area contributed by atoms with Crippen molar-refractivity contribution in [1.29, 1.82) is 0 Å². The molecule has 0 fully saturated rings. The van der Waals surface area contributed by atoms with Crippen LogP contribution in [0.4, 0.5) is 32.6 Å². The number of benzene rings is 1. The van der Waals surface area contributed by atoms with Crippen molar-refractivity contribution in [2.45, 2.75) is 37.3 Å². The maximum Gasteiger partial charge on any atom is 0.430 e. The van der Waals surface area contributed by atoms with Crippen molar-refractivity contribution in [3.05, 3.63) is 34.0 Å². The molecule has 0 saturated carbocycles. The van der Waals surface area contributed by atoms with Crippen LogP contribution in [0, 0.1) is 12.1 Å². The SMILES string of the molecule is Cc1cc(S(F)(F)(F)(F)F)cc2c1O[C@H](C(F)(F)F)C(C(=O)OC(C)O/N=[N+](\[O-])N(C)CCO)=C2. The molecule has 1 aromatic rings. The first-order valence-corrected chi connectivity index (χ1v) is 11.3. The maximum atomic E-state index is 13.5. The topological polar surface area (TPSA) is 107 Å². The molecule has 0 amide bonds. The maximum absolute atomic E-state index is 13.5. The third-order valence-electron chi connectivity index (χ3n) is 4.34. The fourth-order valence-electron chi connectivity index (χ4n) is 2.73. The van der Waals surface area contributed by atoms with E-state index in [4.69, 9.17) is 5.11 Å². The Bertz CT molecular complexity index is 1060. The molecule has 9 nitrogen and oxygen atoms in total. The van der Waals surface area contributed by atoms with Crippen LogP contribution in [-0.2, 0) is 14.4 Å². The molecule has 35 heavy (non-hydrogen) atoms. The van der Waals surface area contributed by atoms with Gasteiger partial charge in [0.25, 0.3) is 6.29 Å². The molecular formula is C17H19F8N3O6S. The third-order valence-corrected chi connectivity index (χ3v) is 5.47. The number of alkyl halides is 3. The van der Waals surface area contributed by atoms with Gasteiger partial charge in [-0.2, -0.15) is 13.2 Å². The Morgan fingerprint density at radius 3 is 2.43 bits per heavy atom. The Morgan fingerprint density at radius 1 is 1.31 bits per heavy atom. The molecule has 200 valence electrons. The van der Waals surface area contributed by atoms with Crippen molar-refractivity contribution in [2.75, 3.05) is 20.2 Å². The number of halogens is 8. The smallest absolute Gasteiger partial charge is 0.430 e. The molecular weight excluding hydrogens is 526 g/mol. The number of carbonyl (C=O) groups is 1. The van der Waals surface area contributed by atoms with Crippen LogP contribution in [0.5, 0.6) is 5.75 Å². The van der Waals surface area contributed by atoms with E-state index in [9.17, 15) is 42.6 Å². The molecule has 2 rings (SSSR count). The quantitative estimate of drug-likeness (QED) is 0.123. The summed E-state index contributed by atoms with van der Waals surface area (Å²) in [6, 6.07) is -0.184. The predicted molar refractivity (Wildman–Crippen MR) is 103 cm³/mol. The molecule has 2 atom stereocenters. The highest BCUT2D eigenvalue weighted by atomic mass is 32.5. The van der Waals surface area contributed by atoms with E-state index in [1.165, 1.54) is 7.05 Å². The predicted octanol–water partition coefficient (Wildman–Crippen LogP) is 4.98. The van der Waals surface area contributed by atoms with Crippen molar-refractivity contribution in [1.82, 2.24) is 5.01 Å². The number of nitrogens with zero attached hydrogens (tertiary/aromatic N) is 3. The second-order valence-corrected chi connectivity index (χ2v) is 9.69. The van der Waals surface area contributed by atoms with Crippen molar-refractivity contribution >= 4 is 22.3 Å². The van der Waals surface area contributed by atoms with Gasteiger partial charge in [-0.05, 0) is 30.7 Å². The lowest BCUT2D eigenvalue weighted by Gasteiger charge is -2.41. The Morgan fingerprint density at radius 2 is 1.91 bits per heavy atom. The summed E-state index contributed by atoms with van der Waals surface area (Å²) in [4.78, 5) is 14.3. The third kappa shape index (κ3) is 7.00. The number of aliphatic hydroxyl groups excluding tert-OH is 1. The van der Waals surface area contributed by atoms with Gasteiger partial charge < -0.3 is 19.8 Å². The molecule has 0 aliphatic carbocycles. The van der Waals surface area contributed by atoms with Gasteiger partial charge in [0.05, 0.1) is 30.7 Å². The number of ether oxygens (including phenoxy) is 2. The molecule has 1 N–H and O–H groups in total. The van der Waals surface area contributed by atoms with Crippen LogP contribution in [0.15, 0.2) is 27.9 Å². The van der Waals surface area contributed by atoms with Gasteiger partial charge in [-0.1, -0.05) is 19.4 Å². The van der Waals surface area contributed by atoms with Crippen LogP contribution < -0.4 is 4.74 Å². The van der Waals surface area contributed by atoms with Gasteiger partial charge in [-0.3, -0.25) is 4.84 Å². The molecule has 0 radical (unpaired) electrons. The molecule has 1 aromatic carbocycles. The number of rotatable bonds is 8. The zero-order valence-electron chi connectivity index (χ0n) is 18.1. The summed E-state index contributed by atoms with van der Waals surface area (Å²) < 4.78 is 116. The summed E-state index contributed by atoms with van der Waals surface area (Å²) in [7, 11) is -9.04. The van der Waals surface area contributed by atoms with E-state index in [2.05, 4.69) is 19.6 Å². The molecule has 0 spiro atoms. The van der Waals surface area contributed by atoms with Crippen molar-refractivity contribution in [3.8, 4) is 5.75 Å². The summed E-state index contributed by atoms with van der Waals surface area (Å²) in [5, 5.41) is 24.0. The van der Waals surface area contributed by atoms with Crippen molar-refractivity contribution < 1.29 is 61.8 Å². The highest BCUT2D eigenvalue weighted by Crippen LogP contribution is 3.02. The Labute approximate surface area is 192 Å². The van der Waals surface area contributed by atoms with Gasteiger partial charge in [0.2, 0.25) is 11.4 Å². The number of esters is 1. The van der Waals surface area contributed by atoms with Crippen LogP contribution in [0.1, 0.15) is 18.1 Å². The van der Waals surface area contributed by atoms with Crippen LogP contribution >= 0.6 is 10.2 Å². The number of carbonyl (C=O) groups excluding carboxylic acids is 1. The number of aliphatic hydroxyl groups is 1. The van der Waals surface area contributed by atoms with Crippen molar-refractivity contribution in [2.24, 2.45) is 5.28 Å². The number of aryl methyl sites for hydroxylation is 1. The van der Waals surface area contributed by atoms with Gasteiger partial charge in [0.1, 0.15) is 10.6 Å². The monoisotopic (exact) mass is 545 g/mol. The fraction of sp³-hybridized carbons (Fsp3) is 0.471. The van der Waals surface area contributed by atoms with Gasteiger partial charge in [0.15, 0.2) is 0 Å². The average molecular weight is 545 g/mol. The first-order chi connectivity index (χ1) is 15.6. The molecule has 18 heteroatoms. The minimum Gasteiger partial charge on any atom is -0.569 e. The molecule has 1 aliphatic rings. The zero-order chi connectivity index (χ0) is 27.0. The first-order valence-electron chi connectivity index (χ1n) is 9.34. The fourth-order valence-corrected chi connectivity index (χ4v) is 3.48. The molecule has 1 aliphatic heterocycles. The number of hydrazine groups is 1. The van der Waals surface area contributed by atoms with E-state index < -0.39 is 68.7 Å². The van der Waals surface area contributed by atoms with E-state index in [-0.39, 0.29) is 29.7 Å². The van der Waals surface area contributed by atoms with Crippen LogP contribution in [0.2, 0.25) is 0 Å². The number of hydrogen-bond acceptors (Lipinski definition) is 7. The molecule has 0 bridgehead atoms. The summed E-state index contributed by atoms with van der Waals surface area (Å²) in [5.74, 6) is -2.58. The van der Waals surface area contributed by atoms with Crippen LogP contribution in [-0.4, -0.2) is 59.8 Å². The number of fused-ring (bicyclic) bond motifs is 1. The van der Waals surface area contributed by atoms with Gasteiger partial charge >= 0.3 is 22.4 Å². The summed E-state index contributed by atoms with van der Waals surface area (Å²) in [6.07, 6.45) is -9.77. The highest BCUT2D eigenvalue weighted by molar-refractivity contribution is 8.45. The summed E-state index contributed by atoms with van der Waals surface area (Å²) in [5.41, 5.74) is -2.91. The summed E-state index contributed by atoms with van der Waals surface area (Å²) in [6.45, 7) is 1.16. The molecule has 1 unspecified atom stereocenters. The molecule has 0 aromatic heterocycles. The van der Waals surface area contributed by atoms with Gasteiger partial charge in [-0.15, -0.1) is 5.01 Å². The average Bonchev–Trinajstić information content (AvgIpc) is 2.68. The number of hydrogen-bond donors (Lipinski definition) is 1. The minimum atomic E-state index is -10.2. The van der Waals surface area contributed by atoms with Gasteiger partial charge in [0, 0.05) is 12.5 Å². The lowest BCUT2D eigenvalue weighted by Crippen LogP contribution is -2.41. The molecule has 0 saturated heterocycles. The lowest BCUT2D eigenvalue weighted by molar-refractivity contribution is -0.707. The normalized spacial score (nSPS) is 19.4. The summed E-state index contributed by atoms with van der Waals surface area (Å²) >= 11 is 0. The van der Waals surface area contributed by atoms with Crippen LogP contribution in [0.3, 0.4) is 0 Å². The van der Waals surface area contributed by atoms with E-state index in [1.807, 2.05) is 0 Å². The standard InChI is InChI=1S/C17H19F8N3O6S/c1-9-6-12(35(21,22,23,24)25)7-11-8-13(15(17(18,19)20)33-14(9)11)16(30)32-10(2)34-26-28(31)27(3)4-5-29/h6-8,10,15,29H,4-5H2,1-3H3/b28-26-/t10?,15-/m0/s1. The van der Waals surface area contributed by atoms with E-state index >= 15 is 0 Å². The highest BCUT2D eigenvalue weighted by Gasteiger charge is 2.65.